The van der Waals surface area contributed by atoms with Crippen LogP contribution < -0.4 is 0 Å². The Morgan fingerprint density at radius 3 is 1.28 bits per heavy atom. The lowest BCUT2D eigenvalue weighted by Crippen LogP contribution is -1.83. The molecule has 0 spiro atoms. The van der Waals surface area contributed by atoms with E-state index in [9.17, 15) is 0 Å². The zero-order chi connectivity index (χ0) is 12.7. The van der Waals surface area contributed by atoms with E-state index in [1.807, 2.05) is 11.8 Å². The number of hydrogen-bond donors (Lipinski definition) is 0. The maximum atomic E-state index is 3.27. The van der Waals surface area contributed by atoms with Crippen LogP contribution in [0.4, 0.5) is 0 Å². The number of thioether (sulfide) groups is 1. The molecule has 0 aliphatic carbocycles. The summed E-state index contributed by atoms with van der Waals surface area (Å²) in [4.78, 5) is 0. The number of hydrogen-bond acceptors (Lipinski definition) is 1. The van der Waals surface area contributed by atoms with Crippen LogP contribution >= 0.6 is 11.8 Å². The molecular weight excluding hydrogens is 236 g/mol. The number of rotatable bonds is 0. The molecule has 0 aromatic rings. The summed E-state index contributed by atoms with van der Waals surface area (Å²) in [6.07, 6.45) is 14.6. The van der Waals surface area contributed by atoms with Gasteiger partial charge in [0.2, 0.25) is 0 Å². The quantitative estimate of drug-likeness (QED) is 0.552. The molecule has 0 N–H and O–H groups in total. The molecule has 0 unspecified atom stereocenters. The molecule has 1 heterocycles. The lowest BCUT2D eigenvalue weighted by Gasteiger charge is -2.01. The maximum Gasteiger partial charge on any atom is 0.0557 e. The summed E-state index contributed by atoms with van der Waals surface area (Å²) < 4.78 is 0. The van der Waals surface area contributed by atoms with Crippen LogP contribution in [-0.2, 0) is 0 Å². The van der Waals surface area contributed by atoms with E-state index in [0.717, 1.165) is 24.3 Å². The summed E-state index contributed by atoms with van der Waals surface area (Å²) in [6.45, 7) is 0. The van der Waals surface area contributed by atoms with E-state index in [4.69, 9.17) is 0 Å². The Morgan fingerprint density at radius 2 is 0.833 bits per heavy atom. The molecule has 0 aromatic carbocycles. The van der Waals surface area contributed by atoms with Crippen molar-refractivity contribution in [3.63, 3.8) is 0 Å². The van der Waals surface area contributed by atoms with Crippen molar-refractivity contribution in [2.24, 2.45) is 0 Å². The Bertz CT molecular complexity index is 267. The van der Waals surface area contributed by atoms with Gasteiger partial charge >= 0.3 is 0 Å². The van der Waals surface area contributed by atoms with Crippen molar-refractivity contribution in [3.8, 4) is 23.7 Å². The third-order valence-corrected chi connectivity index (χ3v) is 3.90. The van der Waals surface area contributed by atoms with Gasteiger partial charge < -0.3 is 0 Å². The Morgan fingerprint density at radius 1 is 0.444 bits per heavy atom. The molecule has 18 heavy (non-hydrogen) atoms. The van der Waals surface area contributed by atoms with Gasteiger partial charge in [0, 0.05) is 12.8 Å². The molecule has 1 heteroatoms. The van der Waals surface area contributed by atoms with E-state index in [1.54, 1.807) is 0 Å². The van der Waals surface area contributed by atoms with Crippen LogP contribution in [0.5, 0.6) is 0 Å². The molecular formula is C17H26S. The third-order valence-electron chi connectivity index (χ3n) is 3.20. The molecule has 0 nitrogen and oxygen atoms in total. The summed E-state index contributed by atoms with van der Waals surface area (Å²) in [5.74, 6) is 14.9. The molecule has 1 aliphatic rings. The van der Waals surface area contributed by atoms with E-state index < -0.39 is 0 Å². The van der Waals surface area contributed by atoms with Crippen LogP contribution in [-0.4, -0.2) is 11.5 Å². The molecule has 0 amide bonds. The zero-order valence-corrected chi connectivity index (χ0v) is 12.4. The third kappa shape index (κ3) is 10.6. The lowest BCUT2D eigenvalue weighted by molar-refractivity contribution is 0.563. The van der Waals surface area contributed by atoms with Gasteiger partial charge in [-0.1, -0.05) is 56.8 Å². The van der Waals surface area contributed by atoms with E-state index in [0.29, 0.717) is 0 Å². The topological polar surface area (TPSA) is 0 Å². The second kappa shape index (κ2) is 12.9. The van der Waals surface area contributed by atoms with Crippen LogP contribution in [0.15, 0.2) is 0 Å². The first kappa shape index (κ1) is 15.5. The van der Waals surface area contributed by atoms with Gasteiger partial charge in [0.15, 0.2) is 0 Å². The predicted molar refractivity (Wildman–Crippen MR) is 83.7 cm³/mol. The van der Waals surface area contributed by atoms with Gasteiger partial charge in [-0.15, -0.1) is 23.6 Å². The second-order valence-electron chi connectivity index (χ2n) is 4.88. The summed E-state index contributed by atoms with van der Waals surface area (Å²) in [7, 11) is 0. The first-order chi connectivity index (χ1) is 9.00. The predicted octanol–water partition coefficient (Wildman–Crippen LogP) is 5.03. The van der Waals surface area contributed by atoms with Crippen LogP contribution in [0, 0.1) is 23.7 Å². The maximum absolute atomic E-state index is 3.27. The summed E-state index contributed by atoms with van der Waals surface area (Å²) >= 11 is 1.85. The molecule has 0 aromatic heterocycles. The Balaban J connectivity index is 2.17. The highest BCUT2D eigenvalue weighted by molar-refractivity contribution is 7.99. The molecule has 0 atom stereocenters. The lowest BCUT2D eigenvalue weighted by atomic mass is 10.1. The van der Waals surface area contributed by atoms with Crippen molar-refractivity contribution in [2.45, 2.75) is 70.6 Å². The van der Waals surface area contributed by atoms with Gasteiger partial charge in [0.1, 0.15) is 0 Å². The molecule has 1 aliphatic heterocycles. The van der Waals surface area contributed by atoms with Gasteiger partial charge in [-0.05, 0) is 12.8 Å². The molecule has 1 rings (SSSR count). The van der Waals surface area contributed by atoms with Crippen molar-refractivity contribution in [1.29, 1.82) is 0 Å². The van der Waals surface area contributed by atoms with E-state index >= 15 is 0 Å². The van der Waals surface area contributed by atoms with Gasteiger partial charge in [-0.25, -0.2) is 0 Å². The minimum absolute atomic E-state index is 0.953. The minimum Gasteiger partial charge on any atom is -0.136 e. The molecule has 0 bridgehead atoms. The van der Waals surface area contributed by atoms with Gasteiger partial charge in [0.05, 0.1) is 11.5 Å². The monoisotopic (exact) mass is 262 g/mol. The highest BCUT2D eigenvalue weighted by atomic mass is 32.2. The Hall–Kier alpha value is -0.530. The Kier molecular flexibility index (Phi) is 11.1. The first-order valence-corrected chi connectivity index (χ1v) is 8.65. The standard InChI is InChI=1S/C17H26S/c1-2-4-6-8-10-12-14-16-18-17-15-13-11-9-7-5-3-1/h1-11,16-17H2. The highest BCUT2D eigenvalue weighted by Gasteiger charge is 1.92. The molecule has 0 fully saturated rings. The second-order valence-corrected chi connectivity index (χ2v) is 5.87. The molecule has 0 radical (unpaired) electrons. The van der Waals surface area contributed by atoms with Crippen LogP contribution in [0.25, 0.3) is 0 Å². The fourth-order valence-electron chi connectivity index (χ4n) is 2.10. The SMILES string of the molecule is C1#CCSCC#CCCCCCCCCCCC1. The summed E-state index contributed by atoms with van der Waals surface area (Å²) in [5, 5.41) is 0. The normalized spacial score (nSPS) is 20.4. The molecule has 0 saturated heterocycles. The van der Waals surface area contributed by atoms with E-state index in [1.165, 1.54) is 57.8 Å². The zero-order valence-electron chi connectivity index (χ0n) is 11.6. The van der Waals surface area contributed by atoms with E-state index in [2.05, 4.69) is 23.7 Å². The minimum atomic E-state index is 0.953. The first-order valence-electron chi connectivity index (χ1n) is 7.49. The van der Waals surface area contributed by atoms with Gasteiger partial charge in [0.25, 0.3) is 0 Å². The fourth-order valence-corrected chi connectivity index (χ4v) is 2.61. The summed E-state index contributed by atoms with van der Waals surface area (Å²) in [5.41, 5.74) is 0. The fraction of sp³-hybridized carbons (Fsp3) is 0.765. The van der Waals surface area contributed by atoms with Crippen molar-refractivity contribution in [3.05, 3.63) is 0 Å². The van der Waals surface area contributed by atoms with E-state index in [-0.39, 0.29) is 0 Å². The summed E-state index contributed by atoms with van der Waals surface area (Å²) in [6, 6.07) is 0. The Labute approximate surface area is 118 Å². The highest BCUT2D eigenvalue weighted by Crippen LogP contribution is 2.11. The van der Waals surface area contributed by atoms with Crippen molar-refractivity contribution < 1.29 is 0 Å². The van der Waals surface area contributed by atoms with Crippen molar-refractivity contribution in [2.75, 3.05) is 11.5 Å². The van der Waals surface area contributed by atoms with Crippen molar-refractivity contribution in [1.82, 2.24) is 0 Å². The van der Waals surface area contributed by atoms with Gasteiger partial charge in [-0.2, -0.15) is 0 Å². The van der Waals surface area contributed by atoms with Crippen molar-refractivity contribution >= 4 is 11.8 Å². The smallest absolute Gasteiger partial charge is 0.0557 e. The molecule has 0 saturated carbocycles. The van der Waals surface area contributed by atoms with Crippen LogP contribution in [0.1, 0.15) is 70.6 Å². The van der Waals surface area contributed by atoms with Crippen LogP contribution in [0.2, 0.25) is 0 Å². The average molecular weight is 262 g/mol. The average Bonchev–Trinajstić information content (AvgIpc) is 2.39. The largest absolute Gasteiger partial charge is 0.136 e. The van der Waals surface area contributed by atoms with Crippen LogP contribution in [0.3, 0.4) is 0 Å². The molecule has 100 valence electrons. The van der Waals surface area contributed by atoms with Gasteiger partial charge in [-0.3, -0.25) is 0 Å².